The van der Waals surface area contributed by atoms with Crippen molar-refractivity contribution in [2.75, 3.05) is 25.0 Å². The van der Waals surface area contributed by atoms with Crippen molar-refractivity contribution in [3.63, 3.8) is 0 Å². The molecule has 3 aromatic rings. The van der Waals surface area contributed by atoms with Crippen LogP contribution in [0.5, 0.6) is 0 Å². The first-order valence-electron chi connectivity index (χ1n) is 8.01. The van der Waals surface area contributed by atoms with Gasteiger partial charge in [0.25, 0.3) is 5.82 Å². The van der Waals surface area contributed by atoms with E-state index in [1.807, 2.05) is 0 Å². The standard InChI is InChI=1S/C17H15F4N5/c18-12-6-4-11(5-7-12)16(8-22-9-16)10-23-13-2-1-3-14-24-15(17(19,20)21)25-26(13)14/h1-7,22-23H,8-10H2. The zero-order chi connectivity index (χ0) is 18.4. The Bertz CT molecular complexity index is 928. The van der Waals surface area contributed by atoms with E-state index in [2.05, 4.69) is 20.7 Å². The zero-order valence-electron chi connectivity index (χ0n) is 13.5. The molecule has 0 aliphatic carbocycles. The first kappa shape index (κ1) is 16.8. The summed E-state index contributed by atoms with van der Waals surface area (Å²) in [7, 11) is 0. The molecule has 26 heavy (non-hydrogen) atoms. The summed E-state index contributed by atoms with van der Waals surface area (Å²) in [5.74, 6) is -1.07. The average Bonchev–Trinajstić information content (AvgIpc) is 3.00. The second kappa shape index (κ2) is 5.94. The number of aromatic nitrogens is 3. The predicted molar refractivity (Wildman–Crippen MR) is 87.4 cm³/mol. The number of rotatable bonds is 4. The Morgan fingerprint density at radius 2 is 1.85 bits per heavy atom. The Morgan fingerprint density at radius 1 is 1.12 bits per heavy atom. The van der Waals surface area contributed by atoms with Gasteiger partial charge in [0.15, 0.2) is 5.65 Å². The van der Waals surface area contributed by atoms with Crippen molar-refractivity contribution in [3.05, 3.63) is 59.7 Å². The molecule has 0 amide bonds. The van der Waals surface area contributed by atoms with E-state index < -0.39 is 12.0 Å². The van der Waals surface area contributed by atoms with Gasteiger partial charge in [-0.3, -0.25) is 0 Å². The second-order valence-electron chi connectivity index (χ2n) is 6.36. The Hall–Kier alpha value is -2.68. The van der Waals surface area contributed by atoms with Gasteiger partial charge < -0.3 is 10.6 Å². The molecule has 0 saturated carbocycles. The van der Waals surface area contributed by atoms with E-state index in [0.29, 0.717) is 25.5 Å². The second-order valence-corrected chi connectivity index (χ2v) is 6.36. The Labute approximate surface area is 146 Å². The molecule has 136 valence electrons. The van der Waals surface area contributed by atoms with Crippen LogP contribution in [0.4, 0.5) is 23.4 Å². The molecule has 0 atom stereocenters. The monoisotopic (exact) mass is 365 g/mol. The fourth-order valence-corrected chi connectivity index (χ4v) is 3.08. The van der Waals surface area contributed by atoms with Crippen LogP contribution in [0.15, 0.2) is 42.5 Å². The molecule has 9 heteroatoms. The minimum absolute atomic E-state index is 0.116. The van der Waals surface area contributed by atoms with Gasteiger partial charge in [0.05, 0.1) is 0 Å². The van der Waals surface area contributed by atoms with Crippen LogP contribution in [0.3, 0.4) is 0 Å². The lowest BCUT2D eigenvalue weighted by atomic mass is 9.75. The minimum Gasteiger partial charge on any atom is -0.369 e. The summed E-state index contributed by atoms with van der Waals surface area (Å²) < 4.78 is 52.9. The molecule has 2 N–H and O–H groups in total. The molecule has 1 fully saturated rings. The highest BCUT2D eigenvalue weighted by Crippen LogP contribution is 2.30. The molecule has 1 aromatic carbocycles. The molecule has 2 aromatic heterocycles. The van der Waals surface area contributed by atoms with Gasteiger partial charge in [0.2, 0.25) is 0 Å². The summed E-state index contributed by atoms with van der Waals surface area (Å²) in [4.78, 5) is 3.52. The molecule has 0 unspecified atom stereocenters. The van der Waals surface area contributed by atoms with Crippen molar-refractivity contribution in [1.82, 2.24) is 19.9 Å². The van der Waals surface area contributed by atoms with Crippen LogP contribution in [0.25, 0.3) is 5.65 Å². The van der Waals surface area contributed by atoms with Gasteiger partial charge in [0.1, 0.15) is 11.6 Å². The Balaban J connectivity index is 1.61. The molecule has 4 rings (SSSR count). The van der Waals surface area contributed by atoms with Crippen LogP contribution in [0, 0.1) is 5.82 Å². The number of benzene rings is 1. The largest absolute Gasteiger partial charge is 0.453 e. The van der Waals surface area contributed by atoms with Crippen molar-refractivity contribution in [1.29, 1.82) is 0 Å². The third kappa shape index (κ3) is 2.88. The zero-order valence-corrected chi connectivity index (χ0v) is 13.5. The summed E-state index contributed by atoms with van der Waals surface area (Å²) >= 11 is 0. The van der Waals surface area contributed by atoms with E-state index in [1.165, 1.54) is 18.2 Å². The summed E-state index contributed by atoms with van der Waals surface area (Å²) in [5, 5.41) is 9.93. The normalized spacial score (nSPS) is 16.5. The maximum atomic E-state index is 13.2. The third-order valence-electron chi connectivity index (χ3n) is 4.60. The molecular formula is C17H15F4N5. The summed E-state index contributed by atoms with van der Waals surface area (Å²) in [6.07, 6.45) is -4.60. The number of alkyl halides is 3. The molecular weight excluding hydrogens is 350 g/mol. The SMILES string of the molecule is Fc1ccc(C2(CNc3cccc4nc(C(F)(F)F)nn34)CNC2)cc1. The number of hydrogen-bond acceptors (Lipinski definition) is 4. The van der Waals surface area contributed by atoms with Crippen LogP contribution in [0.1, 0.15) is 11.4 Å². The molecule has 0 radical (unpaired) electrons. The fourth-order valence-electron chi connectivity index (χ4n) is 3.08. The summed E-state index contributed by atoms with van der Waals surface area (Å²) in [6, 6.07) is 11.0. The van der Waals surface area contributed by atoms with Crippen molar-refractivity contribution < 1.29 is 17.6 Å². The number of halogens is 4. The van der Waals surface area contributed by atoms with Crippen molar-refractivity contribution in [2.24, 2.45) is 0 Å². The number of hydrogen-bond donors (Lipinski definition) is 2. The van der Waals surface area contributed by atoms with Crippen molar-refractivity contribution in [2.45, 2.75) is 11.6 Å². The topological polar surface area (TPSA) is 54.2 Å². The summed E-state index contributed by atoms with van der Waals surface area (Å²) in [5.41, 5.74) is 0.820. The lowest BCUT2D eigenvalue weighted by Gasteiger charge is -2.43. The van der Waals surface area contributed by atoms with Gasteiger partial charge in [-0.25, -0.2) is 9.37 Å². The minimum atomic E-state index is -4.60. The predicted octanol–water partition coefficient (Wildman–Crippen LogP) is 2.84. The fraction of sp³-hybridized carbons (Fsp3) is 0.294. The van der Waals surface area contributed by atoms with Crippen molar-refractivity contribution in [3.8, 4) is 0 Å². The van der Waals surface area contributed by atoms with E-state index >= 15 is 0 Å². The van der Waals surface area contributed by atoms with Crippen LogP contribution >= 0.6 is 0 Å². The number of pyridine rings is 1. The number of fused-ring (bicyclic) bond motifs is 1. The molecule has 5 nitrogen and oxygen atoms in total. The van der Waals surface area contributed by atoms with E-state index in [9.17, 15) is 17.6 Å². The number of anilines is 1. The Kier molecular flexibility index (Phi) is 3.83. The summed E-state index contributed by atoms with van der Waals surface area (Å²) in [6.45, 7) is 1.84. The van der Waals surface area contributed by atoms with E-state index in [4.69, 9.17) is 0 Å². The maximum Gasteiger partial charge on any atom is 0.453 e. The highest BCUT2D eigenvalue weighted by molar-refractivity contribution is 5.49. The quantitative estimate of drug-likeness (QED) is 0.698. The van der Waals surface area contributed by atoms with Gasteiger partial charge in [-0.05, 0) is 29.8 Å². The van der Waals surface area contributed by atoms with E-state index in [-0.39, 0.29) is 16.9 Å². The number of nitrogens with one attached hydrogen (secondary N) is 2. The first-order valence-corrected chi connectivity index (χ1v) is 8.01. The van der Waals surface area contributed by atoms with Crippen LogP contribution in [0.2, 0.25) is 0 Å². The van der Waals surface area contributed by atoms with E-state index in [0.717, 1.165) is 10.1 Å². The maximum absolute atomic E-state index is 13.2. The number of nitrogens with zero attached hydrogens (tertiary/aromatic N) is 3. The van der Waals surface area contributed by atoms with Gasteiger partial charge in [-0.15, -0.1) is 5.10 Å². The van der Waals surface area contributed by atoms with Gasteiger partial charge >= 0.3 is 6.18 Å². The lowest BCUT2D eigenvalue weighted by Crippen LogP contribution is -2.60. The van der Waals surface area contributed by atoms with Crippen LogP contribution < -0.4 is 10.6 Å². The van der Waals surface area contributed by atoms with E-state index in [1.54, 1.807) is 24.3 Å². The third-order valence-corrected chi connectivity index (χ3v) is 4.60. The molecule has 1 aliphatic rings. The first-order chi connectivity index (χ1) is 12.4. The van der Waals surface area contributed by atoms with Gasteiger partial charge in [-0.1, -0.05) is 18.2 Å². The molecule has 0 spiro atoms. The lowest BCUT2D eigenvalue weighted by molar-refractivity contribution is -0.144. The van der Waals surface area contributed by atoms with Gasteiger partial charge in [0, 0.05) is 25.0 Å². The van der Waals surface area contributed by atoms with Crippen molar-refractivity contribution >= 4 is 11.5 Å². The van der Waals surface area contributed by atoms with Crippen LogP contribution in [-0.2, 0) is 11.6 Å². The molecule has 1 aliphatic heterocycles. The smallest absolute Gasteiger partial charge is 0.369 e. The van der Waals surface area contributed by atoms with Gasteiger partial charge in [-0.2, -0.15) is 17.7 Å². The molecule has 3 heterocycles. The average molecular weight is 365 g/mol. The highest BCUT2D eigenvalue weighted by atomic mass is 19.4. The molecule has 0 bridgehead atoms. The highest BCUT2D eigenvalue weighted by Gasteiger charge is 2.39. The van der Waals surface area contributed by atoms with Crippen LogP contribution in [-0.4, -0.2) is 34.2 Å². The molecule has 1 saturated heterocycles. The Morgan fingerprint density at radius 3 is 2.46 bits per heavy atom.